The number of carbonyl (C=O) groups is 2. The number of nitrogens with zero attached hydrogens (tertiary/aromatic N) is 2. The lowest BCUT2D eigenvalue weighted by atomic mass is 9.95. The molecule has 2 aromatic carbocycles. The van der Waals surface area contributed by atoms with Crippen LogP contribution in [0.1, 0.15) is 28.8 Å². The number of halogens is 1. The zero-order valence-corrected chi connectivity index (χ0v) is 19.0. The van der Waals surface area contributed by atoms with Gasteiger partial charge in [0.1, 0.15) is 0 Å². The average Bonchev–Trinajstić information content (AvgIpc) is 2.84. The highest BCUT2D eigenvalue weighted by Crippen LogP contribution is 2.25. The van der Waals surface area contributed by atoms with E-state index >= 15 is 0 Å². The molecular weight excluding hydrogens is 432 g/mol. The van der Waals surface area contributed by atoms with E-state index in [0.717, 1.165) is 34.1 Å². The van der Waals surface area contributed by atoms with E-state index < -0.39 is 0 Å². The Balaban J connectivity index is 1.32. The third kappa shape index (κ3) is 5.82. The van der Waals surface area contributed by atoms with Gasteiger partial charge in [0.25, 0.3) is 5.91 Å². The van der Waals surface area contributed by atoms with E-state index in [4.69, 9.17) is 16.3 Å². The van der Waals surface area contributed by atoms with Gasteiger partial charge in [-0.2, -0.15) is 0 Å². The van der Waals surface area contributed by atoms with Crippen molar-refractivity contribution in [3.05, 3.63) is 64.7 Å². The molecule has 0 radical (unpaired) electrons. The van der Waals surface area contributed by atoms with Crippen LogP contribution in [-0.2, 0) is 15.3 Å². The van der Waals surface area contributed by atoms with Crippen molar-refractivity contribution in [3.8, 4) is 0 Å². The van der Waals surface area contributed by atoms with Crippen molar-refractivity contribution in [1.82, 2.24) is 9.80 Å². The number of benzene rings is 2. The van der Waals surface area contributed by atoms with Gasteiger partial charge in [-0.05, 0) is 54.8 Å². The predicted molar refractivity (Wildman–Crippen MR) is 123 cm³/mol. The molecule has 0 N–H and O–H groups in total. The van der Waals surface area contributed by atoms with E-state index in [0.29, 0.717) is 45.0 Å². The molecule has 0 aliphatic carbocycles. The minimum atomic E-state index is -0.106. The first kappa shape index (κ1) is 22.2. The number of carbonyl (C=O) groups excluding carboxylic acids is 2. The van der Waals surface area contributed by atoms with Crippen molar-refractivity contribution >= 4 is 35.2 Å². The van der Waals surface area contributed by atoms with E-state index in [1.54, 1.807) is 11.8 Å². The monoisotopic (exact) mass is 458 g/mol. The molecule has 1 unspecified atom stereocenters. The number of hydrogen-bond donors (Lipinski definition) is 0. The maximum Gasteiger partial charge on any atom is 0.253 e. The average molecular weight is 459 g/mol. The number of thioether (sulfide) groups is 1. The Hall–Kier alpha value is -2.02. The van der Waals surface area contributed by atoms with Crippen molar-refractivity contribution < 1.29 is 14.3 Å². The summed E-state index contributed by atoms with van der Waals surface area (Å²) in [4.78, 5) is 30.7. The van der Waals surface area contributed by atoms with Crippen LogP contribution in [0.15, 0.2) is 53.4 Å². The van der Waals surface area contributed by atoms with Gasteiger partial charge in [-0.1, -0.05) is 23.7 Å². The Kier molecular flexibility index (Phi) is 7.54. The first-order valence-electron chi connectivity index (χ1n) is 10.7. The van der Waals surface area contributed by atoms with Crippen molar-refractivity contribution in [1.29, 1.82) is 0 Å². The first-order chi connectivity index (χ1) is 15.1. The molecule has 4 rings (SSSR count). The molecule has 1 atom stereocenters. The first-order valence-corrected chi connectivity index (χ1v) is 12.1. The number of ether oxygens (including phenoxy) is 1. The molecule has 2 aliphatic rings. The lowest BCUT2D eigenvalue weighted by molar-refractivity contribution is -0.141. The lowest BCUT2D eigenvalue weighted by Crippen LogP contribution is -2.49. The number of piperidine rings is 1. The summed E-state index contributed by atoms with van der Waals surface area (Å²) in [6.07, 6.45) is 1.71. The molecule has 2 aromatic rings. The van der Waals surface area contributed by atoms with Gasteiger partial charge in [-0.3, -0.25) is 9.59 Å². The molecule has 0 bridgehead atoms. The summed E-state index contributed by atoms with van der Waals surface area (Å²) in [5.74, 6) is 0.897. The van der Waals surface area contributed by atoms with Gasteiger partial charge in [0.2, 0.25) is 5.91 Å². The highest BCUT2D eigenvalue weighted by atomic mass is 35.5. The maximum absolute atomic E-state index is 13.0. The van der Waals surface area contributed by atoms with Gasteiger partial charge in [0.15, 0.2) is 0 Å². The molecule has 0 spiro atoms. The predicted octanol–water partition coefficient (Wildman–Crippen LogP) is 4.34. The molecule has 2 aliphatic heterocycles. The third-order valence-corrected chi connectivity index (χ3v) is 7.14. The van der Waals surface area contributed by atoms with Crippen molar-refractivity contribution in [3.63, 3.8) is 0 Å². The summed E-state index contributed by atoms with van der Waals surface area (Å²) >= 11 is 7.67. The number of rotatable bonds is 5. The Bertz CT molecular complexity index is 898. The third-order valence-electron chi connectivity index (χ3n) is 5.80. The normalized spacial score (nSPS) is 19.3. The standard InChI is InChI=1S/C24H27ClN2O3S/c25-21-7-9-22(10-8-21)31-17-18-3-5-19(6-4-18)23(28)27-11-1-2-20(16-27)24(29)26-12-14-30-15-13-26/h3-10,20H,1-2,11-17H2. The second kappa shape index (κ2) is 10.5. The van der Waals surface area contributed by atoms with E-state index in [2.05, 4.69) is 0 Å². The molecule has 0 saturated carbocycles. The molecule has 2 heterocycles. The summed E-state index contributed by atoms with van der Waals surface area (Å²) in [5, 5.41) is 0.735. The van der Waals surface area contributed by atoms with Crippen LogP contribution >= 0.6 is 23.4 Å². The summed E-state index contributed by atoms with van der Waals surface area (Å²) in [7, 11) is 0. The van der Waals surface area contributed by atoms with Crippen LogP contribution in [0.5, 0.6) is 0 Å². The molecule has 31 heavy (non-hydrogen) atoms. The zero-order chi connectivity index (χ0) is 21.6. The van der Waals surface area contributed by atoms with E-state index in [1.165, 1.54) is 0 Å². The maximum atomic E-state index is 13.0. The Morgan fingerprint density at radius 2 is 1.68 bits per heavy atom. The van der Waals surface area contributed by atoms with Crippen LogP contribution in [0.4, 0.5) is 0 Å². The van der Waals surface area contributed by atoms with Crippen LogP contribution < -0.4 is 0 Å². The van der Waals surface area contributed by atoms with Crippen LogP contribution in [0.2, 0.25) is 5.02 Å². The molecule has 5 nitrogen and oxygen atoms in total. The largest absolute Gasteiger partial charge is 0.378 e. The zero-order valence-electron chi connectivity index (χ0n) is 17.5. The van der Waals surface area contributed by atoms with Gasteiger partial charge in [-0.25, -0.2) is 0 Å². The van der Waals surface area contributed by atoms with Crippen molar-refractivity contribution in [2.75, 3.05) is 39.4 Å². The fraction of sp³-hybridized carbons (Fsp3) is 0.417. The smallest absolute Gasteiger partial charge is 0.253 e. The van der Waals surface area contributed by atoms with Crippen molar-refractivity contribution in [2.24, 2.45) is 5.92 Å². The highest BCUT2D eigenvalue weighted by Gasteiger charge is 2.32. The van der Waals surface area contributed by atoms with Gasteiger partial charge < -0.3 is 14.5 Å². The van der Waals surface area contributed by atoms with E-state index in [-0.39, 0.29) is 17.7 Å². The highest BCUT2D eigenvalue weighted by molar-refractivity contribution is 7.98. The summed E-state index contributed by atoms with van der Waals surface area (Å²) in [6, 6.07) is 15.6. The Morgan fingerprint density at radius 1 is 0.968 bits per heavy atom. The van der Waals surface area contributed by atoms with E-state index in [1.807, 2.05) is 58.3 Å². The molecule has 2 saturated heterocycles. The van der Waals surface area contributed by atoms with Crippen molar-refractivity contribution in [2.45, 2.75) is 23.5 Å². The minimum Gasteiger partial charge on any atom is -0.378 e. The van der Waals surface area contributed by atoms with Crippen LogP contribution in [0, 0.1) is 5.92 Å². The summed E-state index contributed by atoms with van der Waals surface area (Å²) < 4.78 is 5.35. The molecule has 0 aromatic heterocycles. The fourth-order valence-corrected chi connectivity index (χ4v) is 5.01. The van der Waals surface area contributed by atoms with Crippen LogP contribution in [0.3, 0.4) is 0 Å². The molecule has 164 valence electrons. The second-order valence-corrected chi connectivity index (χ2v) is 9.45. The topological polar surface area (TPSA) is 49.9 Å². The minimum absolute atomic E-state index is 0.0105. The SMILES string of the molecule is O=C(c1ccc(CSc2ccc(Cl)cc2)cc1)N1CCCC(C(=O)N2CCOCC2)C1. The Labute approximate surface area is 192 Å². The Morgan fingerprint density at radius 3 is 2.39 bits per heavy atom. The van der Waals surface area contributed by atoms with Crippen LogP contribution in [-0.4, -0.2) is 61.0 Å². The number of hydrogen-bond acceptors (Lipinski definition) is 4. The summed E-state index contributed by atoms with van der Waals surface area (Å²) in [6.45, 7) is 3.72. The van der Waals surface area contributed by atoms with Crippen LogP contribution in [0.25, 0.3) is 0 Å². The lowest BCUT2D eigenvalue weighted by Gasteiger charge is -2.36. The number of morpholine rings is 1. The molecular formula is C24H27ClN2O3S. The van der Waals surface area contributed by atoms with Gasteiger partial charge >= 0.3 is 0 Å². The van der Waals surface area contributed by atoms with E-state index in [9.17, 15) is 9.59 Å². The molecule has 2 fully saturated rings. The quantitative estimate of drug-likeness (QED) is 0.625. The molecule has 2 amide bonds. The van der Waals surface area contributed by atoms with Gasteiger partial charge in [0.05, 0.1) is 19.1 Å². The van der Waals surface area contributed by atoms with Gasteiger partial charge in [-0.15, -0.1) is 11.8 Å². The fourth-order valence-electron chi connectivity index (χ4n) is 4.03. The number of amides is 2. The summed E-state index contributed by atoms with van der Waals surface area (Å²) in [5.41, 5.74) is 1.84. The second-order valence-electron chi connectivity index (χ2n) is 7.97. The molecule has 7 heteroatoms. The van der Waals surface area contributed by atoms with Gasteiger partial charge in [0, 0.05) is 47.4 Å². The number of likely N-dealkylation sites (tertiary alicyclic amines) is 1.